The molecule has 6 fully saturated rings. The molecular formula is C68H77N7O12. The van der Waals surface area contributed by atoms with Crippen molar-refractivity contribution < 1.29 is 57.3 Å². The first-order valence-corrected chi connectivity index (χ1v) is 30.6. The van der Waals surface area contributed by atoms with Gasteiger partial charge in [-0.25, -0.2) is 0 Å². The Morgan fingerprint density at radius 2 is 0.793 bits per heavy atom. The number of likely N-dealkylation sites (tertiary alicyclic amines) is 2. The fraction of sp³-hybridized carbons (Fsp3) is 0.441. The molecule has 5 aromatic rings. The second-order valence-electron chi connectivity index (χ2n) is 24.0. The Labute approximate surface area is 507 Å². The van der Waals surface area contributed by atoms with Gasteiger partial charge in [-0.05, 0) is 73.1 Å². The highest BCUT2D eigenvalue weighted by atomic mass is 16.5. The van der Waals surface area contributed by atoms with Gasteiger partial charge in [-0.3, -0.25) is 38.4 Å². The molecule has 2 aliphatic heterocycles. The summed E-state index contributed by atoms with van der Waals surface area (Å²) in [5.74, 6) is -5.91. The summed E-state index contributed by atoms with van der Waals surface area (Å²) in [5.41, 5.74) is 4.53. The molecule has 0 spiro atoms. The number of Topliss-reactive ketones (excluding diaryl/α,β-unsaturated/α-hetero) is 1. The molecule has 2 saturated heterocycles. The maximum atomic E-state index is 15.0. The predicted molar refractivity (Wildman–Crippen MR) is 321 cm³/mol. The summed E-state index contributed by atoms with van der Waals surface area (Å²) < 4.78 is 22.7. The third-order valence-corrected chi connectivity index (χ3v) is 17.7. The van der Waals surface area contributed by atoms with Crippen LogP contribution in [0.4, 0.5) is 0 Å². The number of nitrogens with zero attached hydrogens (tertiary/aromatic N) is 2. The molecule has 19 nitrogen and oxygen atoms in total. The van der Waals surface area contributed by atoms with E-state index in [0.29, 0.717) is 32.8 Å². The first-order valence-electron chi connectivity index (χ1n) is 30.6. The van der Waals surface area contributed by atoms with Gasteiger partial charge in [0.25, 0.3) is 17.7 Å². The number of hydrogen-bond acceptors (Lipinski definition) is 12. The molecule has 11 rings (SSSR count). The van der Waals surface area contributed by atoms with E-state index < -0.39 is 48.0 Å². The van der Waals surface area contributed by atoms with Crippen molar-refractivity contribution in [2.75, 3.05) is 79.0 Å². The smallest absolute Gasteiger partial charge is 0.258 e. The molecule has 5 aromatic carbocycles. The molecule has 6 aliphatic rings. The summed E-state index contributed by atoms with van der Waals surface area (Å²) in [6.45, 7) is 2.53. The van der Waals surface area contributed by atoms with Crippen LogP contribution >= 0.6 is 0 Å². The van der Waals surface area contributed by atoms with Gasteiger partial charge in [-0.1, -0.05) is 121 Å². The van der Waals surface area contributed by atoms with Gasteiger partial charge in [0.15, 0.2) is 6.61 Å². The van der Waals surface area contributed by atoms with Crippen molar-refractivity contribution in [1.29, 1.82) is 0 Å². The minimum Gasteiger partial charge on any atom is -0.483 e. The van der Waals surface area contributed by atoms with E-state index >= 15 is 4.79 Å². The summed E-state index contributed by atoms with van der Waals surface area (Å²) in [4.78, 5) is 115. The van der Waals surface area contributed by atoms with Crippen LogP contribution in [0.3, 0.4) is 0 Å². The molecule has 0 bridgehead atoms. The van der Waals surface area contributed by atoms with Gasteiger partial charge < -0.3 is 55.3 Å². The molecular weight excluding hydrogens is 1110 g/mol. The first kappa shape index (κ1) is 60.4. The van der Waals surface area contributed by atoms with Crippen molar-refractivity contribution in [1.82, 2.24) is 36.4 Å². The molecule has 12 atom stereocenters. The highest BCUT2D eigenvalue weighted by Gasteiger charge is 2.51. The third-order valence-electron chi connectivity index (χ3n) is 17.7. The maximum absolute atomic E-state index is 15.0. The minimum absolute atomic E-state index is 0.00411. The molecule has 456 valence electrons. The van der Waals surface area contributed by atoms with E-state index in [9.17, 15) is 33.6 Å². The largest absolute Gasteiger partial charge is 0.483 e. The fourth-order valence-corrected chi connectivity index (χ4v) is 12.4. The molecule has 0 unspecified atom stereocenters. The number of ketones is 1. The zero-order chi connectivity index (χ0) is 60.4. The monoisotopic (exact) mass is 1180 g/mol. The molecule has 87 heavy (non-hydrogen) atoms. The van der Waals surface area contributed by atoms with Crippen molar-refractivity contribution in [2.24, 2.45) is 23.7 Å². The average molecular weight is 1180 g/mol. The van der Waals surface area contributed by atoms with Gasteiger partial charge in [0.2, 0.25) is 23.6 Å². The van der Waals surface area contributed by atoms with Crippen LogP contribution in [0, 0.1) is 23.7 Å². The summed E-state index contributed by atoms with van der Waals surface area (Å²) in [6, 6.07) is 43.6. The number of benzene rings is 5. The molecule has 5 N–H and O–H groups in total. The predicted octanol–water partition coefficient (Wildman–Crippen LogP) is 5.28. The van der Waals surface area contributed by atoms with Crippen LogP contribution in [0.5, 0.6) is 5.75 Å². The molecule has 0 aromatic heterocycles. The number of carbonyl (C=O) groups is 8. The van der Waals surface area contributed by atoms with Crippen LogP contribution in [-0.2, 0) is 43.0 Å². The lowest BCUT2D eigenvalue weighted by Crippen LogP contribution is -2.43. The standard InChI is InChI=1S/C68H77N7O12/c1-42(76)24-26-84-28-30-86-31-29-85-27-25-69-62(77)41-87-61-32-47(67(82)74-37-53(63(78)70-57-33-49(57)43-14-6-2-7-15-43)54(38-74)64(79)71-58-34-50(58)44-16-8-3-9-17-44)22-23-48(61)68(83)75-39-55(65(80)72-59-35-51(59)45-18-10-4-11-19-45)56(40-75)66(81)73-60-36-52(60)46-20-12-5-13-21-46/h2-23,32,49-60H,24-31,33-41H2,1H3,(H,69,77)(H,70,78)(H,71,79)(H,72,80)(H,73,81)/t49-,50-,51-,52-,53-,54-,55-,56-,57+,58+,59+,60+/m1/s1. The minimum atomic E-state index is -0.888. The van der Waals surface area contributed by atoms with Gasteiger partial charge in [0.05, 0.1) is 68.9 Å². The van der Waals surface area contributed by atoms with Gasteiger partial charge in [0, 0.05) is 92.5 Å². The third kappa shape index (κ3) is 15.7. The quantitative estimate of drug-likeness (QED) is 0.0385. The molecule has 7 amide bonds. The van der Waals surface area contributed by atoms with Crippen molar-refractivity contribution in [2.45, 2.75) is 86.9 Å². The van der Waals surface area contributed by atoms with E-state index in [4.69, 9.17) is 18.9 Å². The number of hydrogen-bond donors (Lipinski definition) is 5. The zero-order valence-electron chi connectivity index (χ0n) is 49.0. The van der Waals surface area contributed by atoms with E-state index in [2.05, 4.69) is 26.6 Å². The highest BCUT2D eigenvalue weighted by molar-refractivity contribution is 6.02. The van der Waals surface area contributed by atoms with E-state index in [1.54, 1.807) is 0 Å². The lowest BCUT2D eigenvalue weighted by atomic mass is 9.94. The Morgan fingerprint density at radius 1 is 0.437 bits per heavy atom. The summed E-state index contributed by atoms with van der Waals surface area (Å²) in [7, 11) is 0. The van der Waals surface area contributed by atoms with Gasteiger partial charge in [-0.2, -0.15) is 0 Å². The van der Waals surface area contributed by atoms with E-state index in [0.717, 1.165) is 47.9 Å². The molecule has 4 saturated carbocycles. The molecule has 2 heterocycles. The van der Waals surface area contributed by atoms with Crippen molar-refractivity contribution in [3.8, 4) is 5.75 Å². The number of amides is 7. The van der Waals surface area contributed by atoms with E-state index in [1.165, 1.54) is 34.9 Å². The van der Waals surface area contributed by atoms with Gasteiger partial charge in [-0.15, -0.1) is 0 Å². The number of carbonyl (C=O) groups excluding carboxylic acids is 8. The number of rotatable bonds is 29. The lowest BCUT2D eigenvalue weighted by Gasteiger charge is -2.21. The molecule has 0 radical (unpaired) electrons. The van der Waals surface area contributed by atoms with E-state index in [1.807, 2.05) is 121 Å². The summed E-state index contributed by atoms with van der Waals surface area (Å²) in [5, 5.41) is 15.5. The SMILES string of the molecule is CC(=O)CCOCCOCCOCCNC(=O)COc1cc(C(=O)N2C[C@@H](C(=O)N[C@H]3C[C@@H]3c3ccccc3)[C@H](C(=O)N[C@H]3C[C@@H]3c3ccccc3)C2)ccc1C(=O)N1C[C@@H](C(=O)N[C@H]2C[C@@H]2c2ccccc2)[C@H](C(=O)N[C@H]2C[C@@H]2c2ccccc2)C1. The Morgan fingerprint density at radius 3 is 1.17 bits per heavy atom. The summed E-state index contributed by atoms with van der Waals surface area (Å²) >= 11 is 0. The van der Waals surface area contributed by atoms with Gasteiger partial charge in [0.1, 0.15) is 11.5 Å². The Balaban J connectivity index is 0.790. The average Bonchev–Trinajstić information content (AvgIpc) is 2.22. The van der Waals surface area contributed by atoms with Crippen molar-refractivity contribution in [3.05, 3.63) is 173 Å². The first-order chi connectivity index (χ1) is 42.4. The lowest BCUT2D eigenvalue weighted by molar-refractivity contribution is -0.133. The van der Waals surface area contributed by atoms with Crippen LogP contribution in [-0.4, -0.2) is 160 Å². The van der Waals surface area contributed by atoms with Crippen molar-refractivity contribution >= 4 is 47.1 Å². The van der Waals surface area contributed by atoms with Crippen LogP contribution in [0.15, 0.2) is 140 Å². The topological polar surface area (TPSA) is 240 Å². The van der Waals surface area contributed by atoms with Gasteiger partial charge >= 0.3 is 0 Å². The molecule has 19 heteroatoms. The van der Waals surface area contributed by atoms with Crippen molar-refractivity contribution in [3.63, 3.8) is 0 Å². The Bertz CT molecular complexity index is 3110. The number of ether oxygens (including phenoxy) is 4. The highest BCUT2D eigenvalue weighted by Crippen LogP contribution is 2.45. The summed E-state index contributed by atoms with van der Waals surface area (Å²) in [6.07, 6.45) is 3.35. The van der Waals surface area contributed by atoms with Crippen LogP contribution in [0.25, 0.3) is 0 Å². The number of nitrogens with one attached hydrogen (secondary N) is 5. The van der Waals surface area contributed by atoms with Crippen LogP contribution in [0.2, 0.25) is 0 Å². The normalized spacial score (nSPS) is 25.6. The second-order valence-corrected chi connectivity index (χ2v) is 24.0. The Kier molecular flexibility index (Phi) is 19.5. The fourth-order valence-electron chi connectivity index (χ4n) is 12.4. The molecule has 4 aliphatic carbocycles. The Hall–Kier alpha value is -8.26. The van der Waals surface area contributed by atoms with E-state index in [-0.39, 0.29) is 140 Å². The second kappa shape index (κ2) is 28.1. The van der Waals surface area contributed by atoms with Crippen LogP contribution in [0.1, 0.15) is 106 Å². The zero-order valence-corrected chi connectivity index (χ0v) is 49.0. The maximum Gasteiger partial charge on any atom is 0.258 e. The van der Waals surface area contributed by atoms with Crippen LogP contribution < -0.4 is 31.3 Å².